The van der Waals surface area contributed by atoms with Crippen molar-refractivity contribution >= 4 is 5.91 Å². The first-order valence-corrected chi connectivity index (χ1v) is 14.8. The Hall–Kier alpha value is -2.36. The van der Waals surface area contributed by atoms with Gasteiger partial charge in [0.05, 0.1) is 13.0 Å². The van der Waals surface area contributed by atoms with Crippen LogP contribution in [0.15, 0.2) is 42.7 Å². The average molecular weight is 510 g/mol. The van der Waals surface area contributed by atoms with E-state index in [4.69, 9.17) is 4.74 Å². The summed E-state index contributed by atoms with van der Waals surface area (Å²) in [7, 11) is 0. The summed E-state index contributed by atoms with van der Waals surface area (Å²) >= 11 is 0. The molecule has 0 fully saturated rings. The third-order valence-corrected chi connectivity index (χ3v) is 6.90. The molecule has 0 spiro atoms. The van der Waals surface area contributed by atoms with E-state index in [2.05, 4.69) is 81.2 Å². The van der Waals surface area contributed by atoms with Crippen molar-refractivity contribution in [3.63, 3.8) is 0 Å². The normalized spacial score (nSPS) is 11.5. The van der Waals surface area contributed by atoms with Crippen molar-refractivity contribution in [1.29, 1.82) is 0 Å². The molecule has 0 saturated heterocycles. The molecule has 0 unspecified atom stereocenters. The molecule has 1 heterocycles. The molecule has 0 atom stereocenters. The van der Waals surface area contributed by atoms with Crippen LogP contribution >= 0.6 is 0 Å². The number of aromatic nitrogens is 1. The molecule has 0 saturated carbocycles. The molecule has 1 aromatic carbocycles. The number of ether oxygens (including phenoxy) is 1. The van der Waals surface area contributed by atoms with Crippen LogP contribution in [0, 0.1) is 0 Å². The Kier molecular flexibility index (Phi) is 14.4. The molecule has 2 aromatic rings. The van der Waals surface area contributed by atoms with E-state index in [1.807, 2.05) is 6.07 Å². The number of rotatable bonds is 18. The van der Waals surface area contributed by atoms with Gasteiger partial charge in [-0.3, -0.25) is 4.79 Å². The summed E-state index contributed by atoms with van der Waals surface area (Å²) in [5.41, 5.74) is 3.28. The van der Waals surface area contributed by atoms with Gasteiger partial charge in [0.15, 0.2) is 12.4 Å². The predicted molar refractivity (Wildman–Crippen MR) is 155 cm³/mol. The predicted octanol–water partition coefficient (Wildman–Crippen LogP) is 7.84. The minimum Gasteiger partial charge on any atom is -0.493 e. The Labute approximate surface area is 227 Å². The smallest absolute Gasteiger partial charge is 0.224 e. The second-order valence-electron chi connectivity index (χ2n) is 11.5. The lowest BCUT2D eigenvalue weighted by Crippen LogP contribution is -2.32. The number of aryl methyl sites for hydroxylation is 1. The van der Waals surface area contributed by atoms with Crippen molar-refractivity contribution in [2.24, 2.45) is 0 Å². The second kappa shape index (κ2) is 17.2. The fraction of sp³-hybridized carbons (Fsp3) is 0.636. The van der Waals surface area contributed by atoms with E-state index in [-0.39, 0.29) is 11.3 Å². The van der Waals surface area contributed by atoms with E-state index in [0.717, 1.165) is 42.9 Å². The van der Waals surface area contributed by atoms with E-state index >= 15 is 0 Å². The lowest BCUT2D eigenvalue weighted by molar-refractivity contribution is -0.697. The van der Waals surface area contributed by atoms with Gasteiger partial charge in [-0.1, -0.05) is 105 Å². The zero-order valence-electron chi connectivity index (χ0n) is 24.4. The SMILES string of the molecule is CCCCCCCCCCCCOc1ccc(CC(=O)NCc2cc[n+](CCC)cc2)cc1C(C)(C)C. The molecular formula is C33H53N2O2+. The summed E-state index contributed by atoms with van der Waals surface area (Å²) in [4.78, 5) is 12.6. The standard InChI is InChI=1S/C33H52N2O2/c1-6-8-9-10-11-12-13-14-15-16-24-37-31-18-17-29(25-30(31)33(3,4)5)26-32(36)34-27-28-19-22-35(21-7-2)23-20-28/h17-20,22-23,25H,6-16,21,24,26-27H2,1-5H3/p+1. The summed E-state index contributed by atoms with van der Waals surface area (Å²) in [6, 6.07) is 10.4. The van der Waals surface area contributed by atoms with Crippen LogP contribution < -0.4 is 14.6 Å². The molecular weight excluding hydrogens is 456 g/mol. The molecule has 206 valence electrons. The van der Waals surface area contributed by atoms with Gasteiger partial charge < -0.3 is 10.1 Å². The number of benzene rings is 1. The van der Waals surface area contributed by atoms with Crippen molar-refractivity contribution in [2.45, 2.75) is 130 Å². The maximum absolute atomic E-state index is 12.6. The number of unbranched alkanes of at least 4 members (excludes halogenated alkanes) is 9. The monoisotopic (exact) mass is 509 g/mol. The lowest BCUT2D eigenvalue weighted by Gasteiger charge is -2.24. The van der Waals surface area contributed by atoms with Gasteiger partial charge in [0.2, 0.25) is 5.91 Å². The minimum atomic E-state index is -0.0441. The summed E-state index contributed by atoms with van der Waals surface area (Å²) in [5.74, 6) is 1.00. The first kappa shape index (κ1) is 30.9. The fourth-order valence-electron chi connectivity index (χ4n) is 4.63. The summed E-state index contributed by atoms with van der Waals surface area (Å²) < 4.78 is 8.39. The average Bonchev–Trinajstić information content (AvgIpc) is 2.87. The lowest BCUT2D eigenvalue weighted by atomic mass is 9.85. The highest BCUT2D eigenvalue weighted by molar-refractivity contribution is 5.78. The summed E-state index contributed by atoms with van der Waals surface area (Å²) in [6.07, 6.45) is 18.9. The Morgan fingerprint density at radius 2 is 1.43 bits per heavy atom. The van der Waals surface area contributed by atoms with Crippen molar-refractivity contribution in [1.82, 2.24) is 5.32 Å². The maximum Gasteiger partial charge on any atom is 0.224 e. The largest absolute Gasteiger partial charge is 0.493 e. The fourth-order valence-corrected chi connectivity index (χ4v) is 4.63. The van der Waals surface area contributed by atoms with E-state index in [1.54, 1.807) is 0 Å². The number of nitrogens with zero attached hydrogens (tertiary/aromatic N) is 1. The van der Waals surface area contributed by atoms with Crippen molar-refractivity contribution in [2.75, 3.05) is 6.61 Å². The third-order valence-electron chi connectivity index (χ3n) is 6.90. The quantitative estimate of drug-likeness (QED) is 0.164. The summed E-state index contributed by atoms with van der Waals surface area (Å²) in [5, 5.41) is 3.07. The van der Waals surface area contributed by atoms with Crippen LogP contribution in [-0.2, 0) is 29.7 Å². The molecule has 0 aliphatic rings. The van der Waals surface area contributed by atoms with Crippen LogP contribution in [-0.4, -0.2) is 12.5 Å². The number of carbonyl (C=O) groups is 1. The molecule has 4 heteroatoms. The van der Waals surface area contributed by atoms with Crippen molar-refractivity contribution < 1.29 is 14.1 Å². The van der Waals surface area contributed by atoms with Gasteiger partial charge in [0.1, 0.15) is 12.3 Å². The highest BCUT2D eigenvalue weighted by atomic mass is 16.5. The van der Waals surface area contributed by atoms with Crippen LogP contribution in [0.5, 0.6) is 5.75 Å². The molecule has 37 heavy (non-hydrogen) atoms. The molecule has 0 bridgehead atoms. The highest BCUT2D eigenvalue weighted by Gasteiger charge is 2.20. The third kappa shape index (κ3) is 12.6. The first-order valence-electron chi connectivity index (χ1n) is 14.8. The first-order chi connectivity index (χ1) is 17.8. The van der Waals surface area contributed by atoms with Gasteiger partial charge in [-0.05, 0) is 34.6 Å². The molecule has 1 aromatic heterocycles. The number of nitrogens with one attached hydrogen (secondary N) is 1. The Bertz CT molecular complexity index is 900. The molecule has 2 rings (SSSR count). The zero-order chi connectivity index (χ0) is 26.9. The number of hydrogen-bond donors (Lipinski definition) is 1. The number of amides is 1. The van der Waals surface area contributed by atoms with Crippen LogP contribution in [0.2, 0.25) is 0 Å². The maximum atomic E-state index is 12.6. The Morgan fingerprint density at radius 1 is 0.811 bits per heavy atom. The van der Waals surface area contributed by atoms with Gasteiger partial charge in [0, 0.05) is 25.1 Å². The van der Waals surface area contributed by atoms with Gasteiger partial charge >= 0.3 is 0 Å². The van der Waals surface area contributed by atoms with E-state index in [0.29, 0.717) is 13.0 Å². The van der Waals surface area contributed by atoms with Crippen molar-refractivity contribution in [3.05, 3.63) is 59.4 Å². The Balaban J connectivity index is 1.77. The molecule has 1 amide bonds. The molecule has 0 aliphatic carbocycles. The Morgan fingerprint density at radius 3 is 2.03 bits per heavy atom. The van der Waals surface area contributed by atoms with Gasteiger partial charge in [-0.2, -0.15) is 0 Å². The molecule has 4 nitrogen and oxygen atoms in total. The molecule has 0 radical (unpaired) electrons. The van der Waals surface area contributed by atoms with Crippen molar-refractivity contribution in [3.8, 4) is 5.75 Å². The molecule has 0 aliphatic heterocycles. The van der Waals surface area contributed by atoms with Crippen LogP contribution in [0.3, 0.4) is 0 Å². The van der Waals surface area contributed by atoms with Crippen LogP contribution in [0.4, 0.5) is 0 Å². The van der Waals surface area contributed by atoms with E-state index in [9.17, 15) is 4.79 Å². The van der Waals surface area contributed by atoms with Crippen LogP contribution in [0.1, 0.15) is 122 Å². The zero-order valence-corrected chi connectivity index (χ0v) is 24.4. The van der Waals surface area contributed by atoms with Gasteiger partial charge in [-0.25, -0.2) is 4.57 Å². The van der Waals surface area contributed by atoms with Gasteiger partial charge in [0.25, 0.3) is 0 Å². The van der Waals surface area contributed by atoms with Crippen LogP contribution in [0.25, 0.3) is 0 Å². The number of carbonyl (C=O) groups excluding carboxylic acids is 1. The topological polar surface area (TPSA) is 42.2 Å². The van der Waals surface area contributed by atoms with Gasteiger partial charge in [-0.15, -0.1) is 0 Å². The van der Waals surface area contributed by atoms with E-state index in [1.165, 1.54) is 63.4 Å². The number of pyridine rings is 1. The molecule has 1 N–H and O–H groups in total. The summed E-state index contributed by atoms with van der Waals surface area (Å²) in [6.45, 7) is 13.4. The van der Waals surface area contributed by atoms with E-state index < -0.39 is 0 Å². The number of hydrogen-bond acceptors (Lipinski definition) is 2. The second-order valence-corrected chi connectivity index (χ2v) is 11.5. The minimum absolute atomic E-state index is 0.0441. The highest BCUT2D eigenvalue weighted by Crippen LogP contribution is 2.32.